The lowest BCUT2D eigenvalue weighted by Crippen LogP contribution is -2.35. The van der Waals surface area contributed by atoms with E-state index in [0.717, 1.165) is 50.3 Å². The summed E-state index contributed by atoms with van der Waals surface area (Å²) in [5.41, 5.74) is 1.01. The van der Waals surface area contributed by atoms with Gasteiger partial charge in [0.2, 0.25) is 0 Å². The Morgan fingerprint density at radius 3 is 2.86 bits per heavy atom. The normalized spacial score (nSPS) is 19.0. The first-order chi connectivity index (χ1) is 10.2. The van der Waals surface area contributed by atoms with Gasteiger partial charge in [-0.2, -0.15) is 17.7 Å². The third-order valence-corrected chi connectivity index (χ3v) is 4.47. The van der Waals surface area contributed by atoms with E-state index in [4.69, 9.17) is 0 Å². The van der Waals surface area contributed by atoms with Gasteiger partial charge in [0, 0.05) is 25.7 Å². The number of hydrogen-bond donors (Lipinski definition) is 1. The molecule has 0 amide bonds. The zero-order valence-electron chi connectivity index (χ0n) is 13.0. The summed E-state index contributed by atoms with van der Waals surface area (Å²) in [6, 6.07) is 1.75. The van der Waals surface area contributed by atoms with Crippen molar-refractivity contribution in [2.24, 2.45) is 5.92 Å². The lowest BCUT2D eigenvalue weighted by atomic mass is 10.00. The van der Waals surface area contributed by atoms with Crippen LogP contribution in [-0.2, 0) is 6.54 Å². The van der Waals surface area contributed by atoms with Crippen molar-refractivity contribution in [3.63, 3.8) is 0 Å². The molecule has 1 saturated heterocycles. The van der Waals surface area contributed by atoms with Crippen LogP contribution in [-0.4, -0.2) is 28.6 Å². The van der Waals surface area contributed by atoms with Gasteiger partial charge >= 0.3 is 0 Å². The quantitative estimate of drug-likeness (QED) is 0.621. The van der Waals surface area contributed by atoms with Crippen molar-refractivity contribution in [1.82, 2.24) is 9.78 Å². The number of hydrogen-bond acceptors (Lipinski definition) is 4. The molecule has 1 aliphatic heterocycles. The van der Waals surface area contributed by atoms with E-state index in [9.17, 15) is 4.79 Å². The highest BCUT2D eigenvalue weighted by Gasteiger charge is 2.17. The number of aromatic nitrogens is 2. The van der Waals surface area contributed by atoms with Crippen LogP contribution in [0.2, 0.25) is 0 Å². The fraction of sp³-hybridized carbons (Fsp3) is 0.750. The lowest BCUT2D eigenvalue weighted by Gasteiger charge is -2.32. The van der Waals surface area contributed by atoms with E-state index in [1.165, 1.54) is 19.3 Å². The van der Waals surface area contributed by atoms with Gasteiger partial charge in [-0.15, -0.1) is 0 Å². The van der Waals surface area contributed by atoms with Crippen molar-refractivity contribution in [2.45, 2.75) is 52.0 Å². The van der Waals surface area contributed by atoms with E-state index in [1.807, 2.05) is 6.20 Å². The van der Waals surface area contributed by atoms with Gasteiger partial charge < -0.3 is 4.90 Å². The van der Waals surface area contributed by atoms with Gasteiger partial charge in [0.15, 0.2) is 0 Å². The summed E-state index contributed by atoms with van der Waals surface area (Å²) in [6.07, 6.45) is 8.83. The van der Waals surface area contributed by atoms with Gasteiger partial charge in [-0.25, -0.2) is 4.68 Å². The minimum Gasteiger partial charge on any atom is -0.370 e. The summed E-state index contributed by atoms with van der Waals surface area (Å²) in [7, 11) is 0. The van der Waals surface area contributed by atoms with Gasteiger partial charge in [-0.1, -0.05) is 19.8 Å². The van der Waals surface area contributed by atoms with Crippen molar-refractivity contribution < 1.29 is 0 Å². The van der Waals surface area contributed by atoms with Crippen molar-refractivity contribution >= 4 is 18.3 Å². The van der Waals surface area contributed by atoms with Gasteiger partial charge in [0.1, 0.15) is 0 Å². The molecule has 1 fully saturated rings. The molecular weight excluding hydrogens is 282 g/mol. The van der Waals surface area contributed by atoms with Crippen LogP contribution in [0.4, 0.5) is 5.69 Å². The van der Waals surface area contributed by atoms with Crippen LogP contribution in [0.25, 0.3) is 0 Å². The molecule has 0 aliphatic carbocycles. The smallest absolute Gasteiger partial charge is 0.268 e. The number of unbranched alkanes of at least 4 members (excludes halogenated alkanes) is 3. The molecule has 21 heavy (non-hydrogen) atoms. The van der Waals surface area contributed by atoms with Crippen LogP contribution in [0.15, 0.2) is 17.1 Å². The molecule has 5 heteroatoms. The van der Waals surface area contributed by atoms with E-state index < -0.39 is 0 Å². The molecule has 1 aromatic heterocycles. The number of nitrogens with zero attached hydrogens (tertiary/aromatic N) is 3. The maximum absolute atomic E-state index is 12.1. The molecule has 1 atom stereocenters. The van der Waals surface area contributed by atoms with E-state index in [-0.39, 0.29) is 5.56 Å². The molecule has 1 aliphatic rings. The molecule has 4 nitrogen and oxygen atoms in total. The molecule has 1 aromatic rings. The van der Waals surface area contributed by atoms with E-state index in [0.29, 0.717) is 5.92 Å². The molecule has 0 aromatic carbocycles. The maximum atomic E-state index is 12.1. The Morgan fingerprint density at radius 1 is 1.33 bits per heavy atom. The van der Waals surface area contributed by atoms with Crippen LogP contribution in [0.1, 0.15) is 45.4 Å². The lowest BCUT2D eigenvalue weighted by molar-refractivity contribution is 0.445. The first kappa shape index (κ1) is 16.4. The van der Waals surface area contributed by atoms with Gasteiger partial charge in [0.25, 0.3) is 5.56 Å². The van der Waals surface area contributed by atoms with Crippen molar-refractivity contribution in [3.8, 4) is 0 Å². The summed E-state index contributed by atoms with van der Waals surface area (Å²) in [5.74, 6) is 1.65. The average molecular weight is 309 g/mol. The van der Waals surface area contributed by atoms with Crippen LogP contribution >= 0.6 is 12.6 Å². The summed E-state index contributed by atoms with van der Waals surface area (Å²) in [4.78, 5) is 14.4. The highest BCUT2D eigenvalue weighted by Crippen LogP contribution is 2.20. The number of rotatable bonds is 7. The fourth-order valence-corrected chi connectivity index (χ4v) is 3.14. The topological polar surface area (TPSA) is 38.1 Å². The van der Waals surface area contributed by atoms with Crippen LogP contribution in [0.5, 0.6) is 0 Å². The summed E-state index contributed by atoms with van der Waals surface area (Å²) in [6.45, 7) is 5.07. The van der Waals surface area contributed by atoms with Crippen molar-refractivity contribution in [3.05, 3.63) is 22.6 Å². The standard InChI is InChI=1S/C16H27N3OS/c1-14-7-6-8-18(13-14)15-11-16(20)19(17-12-15)9-4-2-3-5-10-21/h11-12,14,21H,2-10,13H2,1H3. The summed E-state index contributed by atoms with van der Waals surface area (Å²) >= 11 is 4.20. The number of aryl methyl sites for hydroxylation is 1. The van der Waals surface area contributed by atoms with Crippen LogP contribution in [0.3, 0.4) is 0 Å². The first-order valence-corrected chi connectivity index (χ1v) is 8.77. The minimum absolute atomic E-state index is 0.0277. The predicted octanol–water partition coefficient (Wildman–Crippen LogP) is 2.97. The molecule has 1 unspecified atom stereocenters. The largest absolute Gasteiger partial charge is 0.370 e. The predicted molar refractivity (Wildman–Crippen MR) is 91.4 cm³/mol. The molecule has 2 heterocycles. The van der Waals surface area contributed by atoms with E-state index in [1.54, 1.807) is 10.7 Å². The third kappa shape index (κ3) is 5.06. The Morgan fingerprint density at radius 2 is 2.14 bits per heavy atom. The van der Waals surface area contributed by atoms with Gasteiger partial charge in [-0.05, 0) is 37.4 Å². The maximum Gasteiger partial charge on any atom is 0.268 e. The Kier molecular flexibility index (Phi) is 6.61. The van der Waals surface area contributed by atoms with Crippen molar-refractivity contribution in [1.29, 1.82) is 0 Å². The van der Waals surface area contributed by atoms with E-state index >= 15 is 0 Å². The molecule has 0 radical (unpaired) electrons. The first-order valence-electron chi connectivity index (χ1n) is 8.13. The molecule has 118 valence electrons. The SMILES string of the molecule is CC1CCCN(c2cnn(CCCCCCS)c(=O)c2)C1. The van der Waals surface area contributed by atoms with Crippen LogP contribution in [0, 0.1) is 5.92 Å². The van der Waals surface area contributed by atoms with Gasteiger partial charge in [-0.3, -0.25) is 4.79 Å². The third-order valence-electron chi connectivity index (χ3n) is 4.16. The van der Waals surface area contributed by atoms with Crippen LogP contribution < -0.4 is 10.5 Å². The summed E-state index contributed by atoms with van der Waals surface area (Å²) < 4.78 is 1.59. The van der Waals surface area contributed by atoms with Crippen molar-refractivity contribution in [2.75, 3.05) is 23.7 Å². The second kappa shape index (κ2) is 8.47. The highest BCUT2D eigenvalue weighted by molar-refractivity contribution is 7.80. The fourth-order valence-electron chi connectivity index (χ4n) is 2.92. The second-order valence-electron chi connectivity index (χ2n) is 6.11. The Bertz CT molecular complexity index is 489. The molecule has 0 N–H and O–H groups in total. The van der Waals surface area contributed by atoms with E-state index in [2.05, 4.69) is 29.6 Å². The number of thiol groups is 1. The zero-order valence-corrected chi connectivity index (χ0v) is 13.9. The monoisotopic (exact) mass is 309 g/mol. The number of piperidine rings is 1. The zero-order chi connectivity index (χ0) is 15.1. The Labute approximate surface area is 132 Å². The highest BCUT2D eigenvalue weighted by atomic mass is 32.1. The van der Waals surface area contributed by atoms with Gasteiger partial charge in [0.05, 0.1) is 11.9 Å². The molecular formula is C16H27N3OS. The molecule has 0 spiro atoms. The average Bonchev–Trinajstić information content (AvgIpc) is 2.48. The second-order valence-corrected chi connectivity index (χ2v) is 6.55. The molecule has 0 saturated carbocycles. The summed E-state index contributed by atoms with van der Waals surface area (Å²) in [5, 5.41) is 4.34. The molecule has 2 rings (SSSR count). The molecule has 0 bridgehead atoms. The minimum atomic E-state index is 0.0277. The Hall–Kier alpha value is -0.970. The Balaban J connectivity index is 1.89. The number of anilines is 1.